The molecule has 186 valence electrons. The number of nitrogens with one attached hydrogen (secondary N) is 1. The van der Waals surface area contributed by atoms with Crippen LogP contribution in [0.5, 0.6) is 0 Å². The maximum Gasteiger partial charge on any atom is 0.0956 e. The van der Waals surface area contributed by atoms with Crippen molar-refractivity contribution in [1.29, 1.82) is 0 Å². The summed E-state index contributed by atoms with van der Waals surface area (Å²) in [6.07, 6.45) is 12.7. The first-order chi connectivity index (χ1) is 17.8. The van der Waals surface area contributed by atoms with Crippen LogP contribution < -0.4 is 10.2 Å². The largest absolute Gasteiger partial charge is 0.372 e. The van der Waals surface area contributed by atoms with E-state index in [1.54, 1.807) is 0 Å². The first-order valence-electron chi connectivity index (χ1n) is 13.5. The number of imidazole rings is 1. The summed E-state index contributed by atoms with van der Waals surface area (Å²) in [5.74, 6) is 0. The molecular formula is C32H38N4. The molecule has 1 aromatic heterocycles. The molecule has 4 nitrogen and oxygen atoms in total. The summed E-state index contributed by atoms with van der Waals surface area (Å²) in [5, 5.41) is 4.02. The van der Waals surface area contributed by atoms with Gasteiger partial charge in [-0.2, -0.15) is 0 Å². The Balaban J connectivity index is 1.58. The van der Waals surface area contributed by atoms with Gasteiger partial charge < -0.3 is 9.47 Å². The van der Waals surface area contributed by atoms with Gasteiger partial charge in [0.2, 0.25) is 0 Å². The number of hydrogen-bond donors (Lipinski definition) is 1. The molecule has 1 N–H and O–H groups in total. The van der Waals surface area contributed by atoms with E-state index in [0.29, 0.717) is 6.67 Å². The van der Waals surface area contributed by atoms with Crippen LogP contribution in [-0.4, -0.2) is 22.6 Å². The molecule has 4 aromatic rings. The van der Waals surface area contributed by atoms with Gasteiger partial charge in [0, 0.05) is 31.2 Å². The zero-order valence-corrected chi connectivity index (χ0v) is 21.4. The Labute approximate surface area is 216 Å². The lowest BCUT2D eigenvalue weighted by molar-refractivity contribution is 0.353. The normalized spacial score (nSPS) is 15.2. The van der Waals surface area contributed by atoms with E-state index in [0.717, 1.165) is 12.8 Å². The fourth-order valence-corrected chi connectivity index (χ4v) is 5.57. The maximum absolute atomic E-state index is 4.28. The van der Waals surface area contributed by atoms with Gasteiger partial charge >= 0.3 is 0 Å². The third-order valence-electron chi connectivity index (χ3n) is 7.54. The lowest BCUT2D eigenvalue weighted by atomic mass is 9.75. The molecule has 1 atom stereocenters. The number of benzene rings is 3. The fraction of sp³-hybridized carbons (Fsp3) is 0.344. The Morgan fingerprint density at radius 1 is 0.889 bits per heavy atom. The Hall–Kier alpha value is -3.37. The van der Waals surface area contributed by atoms with Crippen LogP contribution in [0, 0.1) is 0 Å². The van der Waals surface area contributed by atoms with Gasteiger partial charge in [-0.1, -0.05) is 80.1 Å². The summed E-state index contributed by atoms with van der Waals surface area (Å²) in [6.45, 7) is 5.30. The van der Waals surface area contributed by atoms with Gasteiger partial charge in [-0.3, -0.25) is 5.32 Å². The minimum absolute atomic E-state index is 0.370. The van der Waals surface area contributed by atoms with E-state index in [1.165, 1.54) is 66.7 Å². The number of anilines is 1. The Morgan fingerprint density at radius 2 is 1.64 bits per heavy atom. The van der Waals surface area contributed by atoms with E-state index in [-0.39, 0.29) is 5.54 Å². The SMILES string of the molecule is CCCCc1ccccc1C(Cc1ccc(N2CCCC2)cc1)(NCn1ccnc1)c1ccccc1. The van der Waals surface area contributed by atoms with Crippen molar-refractivity contribution in [3.8, 4) is 0 Å². The van der Waals surface area contributed by atoms with Crippen LogP contribution in [0.4, 0.5) is 5.69 Å². The topological polar surface area (TPSA) is 33.1 Å². The molecule has 1 aliphatic heterocycles. The average Bonchev–Trinajstić information content (AvgIpc) is 3.66. The van der Waals surface area contributed by atoms with Gasteiger partial charge in [-0.05, 0) is 66.5 Å². The minimum atomic E-state index is -0.370. The lowest BCUT2D eigenvalue weighted by Gasteiger charge is -2.38. The summed E-state index contributed by atoms with van der Waals surface area (Å²) in [4.78, 5) is 6.78. The van der Waals surface area contributed by atoms with Crippen LogP contribution in [-0.2, 0) is 25.0 Å². The molecule has 0 bridgehead atoms. The molecule has 1 fully saturated rings. The molecule has 36 heavy (non-hydrogen) atoms. The fourth-order valence-electron chi connectivity index (χ4n) is 5.57. The van der Waals surface area contributed by atoms with E-state index >= 15 is 0 Å². The van der Waals surface area contributed by atoms with Crippen LogP contribution in [0.15, 0.2) is 97.6 Å². The highest BCUT2D eigenvalue weighted by Crippen LogP contribution is 2.37. The Morgan fingerprint density at radius 3 is 2.36 bits per heavy atom. The van der Waals surface area contributed by atoms with Gasteiger partial charge in [0.1, 0.15) is 0 Å². The van der Waals surface area contributed by atoms with Crippen LogP contribution in [0.25, 0.3) is 0 Å². The number of rotatable bonds is 11. The van der Waals surface area contributed by atoms with Crippen molar-refractivity contribution in [2.75, 3.05) is 18.0 Å². The van der Waals surface area contributed by atoms with E-state index in [4.69, 9.17) is 0 Å². The number of unbranched alkanes of at least 4 members (excludes halogenated alkanes) is 1. The minimum Gasteiger partial charge on any atom is -0.372 e. The average molecular weight is 479 g/mol. The highest BCUT2D eigenvalue weighted by Gasteiger charge is 2.36. The van der Waals surface area contributed by atoms with Crippen LogP contribution >= 0.6 is 0 Å². The van der Waals surface area contributed by atoms with Crippen molar-refractivity contribution in [3.63, 3.8) is 0 Å². The zero-order chi connectivity index (χ0) is 24.6. The predicted octanol–water partition coefficient (Wildman–Crippen LogP) is 6.56. The van der Waals surface area contributed by atoms with Gasteiger partial charge in [-0.25, -0.2) is 4.98 Å². The molecule has 3 aromatic carbocycles. The van der Waals surface area contributed by atoms with E-state index in [1.807, 2.05) is 18.7 Å². The van der Waals surface area contributed by atoms with Crippen molar-refractivity contribution < 1.29 is 0 Å². The molecule has 0 amide bonds. The number of aryl methyl sites for hydroxylation is 1. The standard InChI is InChI=1S/C32H38N4/c1-2-3-11-28-12-7-8-15-31(28)32(29-13-5-4-6-14-29,34-26-35-23-20-33-25-35)24-27-16-18-30(19-17-27)36-21-9-10-22-36/h4-8,12-20,23,25,34H,2-3,9-11,21-22,24,26H2,1H3. The number of hydrogen-bond acceptors (Lipinski definition) is 3. The maximum atomic E-state index is 4.28. The van der Waals surface area contributed by atoms with Gasteiger partial charge in [-0.15, -0.1) is 0 Å². The highest BCUT2D eigenvalue weighted by atomic mass is 15.2. The molecular weight excluding hydrogens is 440 g/mol. The van der Waals surface area contributed by atoms with Crippen molar-refractivity contribution in [2.24, 2.45) is 0 Å². The zero-order valence-electron chi connectivity index (χ0n) is 21.4. The second-order valence-electron chi connectivity index (χ2n) is 9.98. The van der Waals surface area contributed by atoms with Crippen molar-refractivity contribution in [2.45, 2.75) is 57.7 Å². The second kappa shape index (κ2) is 11.6. The molecule has 2 heterocycles. The summed E-state index contributed by atoms with van der Waals surface area (Å²) in [6, 6.07) is 29.3. The number of aromatic nitrogens is 2. The summed E-state index contributed by atoms with van der Waals surface area (Å²) in [7, 11) is 0. The third kappa shape index (κ3) is 5.39. The van der Waals surface area contributed by atoms with Gasteiger partial charge in [0.05, 0.1) is 18.5 Å². The molecule has 0 radical (unpaired) electrons. The molecule has 1 unspecified atom stereocenters. The van der Waals surface area contributed by atoms with Crippen molar-refractivity contribution >= 4 is 5.69 Å². The first-order valence-corrected chi connectivity index (χ1v) is 13.5. The molecule has 5 rings (SSSR count). The van der Waals surface area contributed by atoms with Crippen LogP contribution in [0.2, 0.25) is 0 Å². The van der Waals surface area contributed by atoms with E-state index in [9.17, 15) is 0 Å². The monoisotopic (exact) mass is 478 g/mol. The number of nitrogens with zero attached hydrogens (tertiary/aromatic N) is 3. The third-order valence-corrected chi connectivity index (χ3v) is 7.54. The summed E-state index contributed by atoms with van der Waals surface area (Å²) in [5.41, 5.74) is 6.40. The first kappa shape index (κ1) is 24.3. The summed E-state index contributed by atoms with van der Waals surface area (Å²) < 4.78 is 2.11. The second-order valence-corrected chi connectivity index (χ2v) is 9.98. The van der Waals surface area contributed by atoms with E-state index < -0.39 is 0 Å². The highest BCUT2D eigenvalue weighted by molar-refractivity contribution is 5.50. The quantitative estimate of drug-likeness (QED) is 0.265. The Kier molecular flexibility index (Phi) is 7.82. The smallest absolute Gasteiger partial charge is 0.0956 e. The predicted molar refractivity (Wildman–Crippen MR) is 149 cm³/mol. The molecule has 0 saturated carbocycles. The molecule has 4 heteroatoms. The van der Waals surface area contributed by atoms with Gasteiger partial charge in [0.15, 0.2) is 0 Å². The molecule has 0 spiro atoms. The van der Waals surface area contributed by atoms with Crippen LogP contribution in [0.3, 0.4) is 0 Å². The molecule has 1 saturated heterocycles. The van der Waals surface area contributed by atoms with Gasteiger partial charge in [0.25, 0.3) is 0 Å². The van der Waals surface area contributed by atoms with Crippen molar-refractivity contribution in [3.05, 3.63) is 120 Å². The van der Waals surface area contributed by atoms with E-state index in [2.05, 4.69) is 106 Å². The molecule has 1 aliphatic rings. The molecule has 0 aliphatic carbocycles. The van der Waals surface area contributed by atoms with Crippen LogP contribution in [0.1, 0.15) is 54.9 Å². The van der Waals surface area contributed by atoms with Crippen molar-refractivity contribution in [1.82, 2.24) is 14.9 Å². The lowest BCUT2D eigenvalue weighted by Crippen LogP contribution is -2.46. The summed E-state index contributed by atoms with van der Waals surface area (Å²) >= 11 is 0. The Bertz CT molecular complexity index is 1190.